The first-order chi connectivity index (χ1) is 6.67. The van der Waals surface area contributed by atoms with E-state index in [0.29, 0.717) is 10.0 Å². The lowest BCUT2D eigenvalue weighted by Crippen LogP contribution is -1.78. The van der Waals surface area contributed by atoms with Crippen LogP contribution in [0.3, 0.4) is 0 Å². The van der Waals surface area contributed by atoms with Gasteiger partial charge in [-0.25, -0.2) is 0 Å². The molecule has 1 aromatic rings. The van der Waals surface area contributed by atoms with Gasteiger partial charge in [0.15, 0.2) is 0 Å². The Morgan fingerprint density at radius 2 is 2.00 bits per heavy atom. The van der Waals surface area contributed by atoms with Crippen molar-refractivity contribution in [2.45, 2.75) is 0 Å². The summed E-state index contributed by atoms with van der Waals surface area (Å²) < 4.78 is 0.639. The first kappa shape index (κ1) is 10.3. The lowest BCUT2D eigenvalue weighted by molar-refractivity contribution is 0.475. The van der Waals surface area contributed by atoms with Crippen molar-refractivity contribution >= 4 is 22.0 Å². The van der Waals surface area contributed by atoms with Gasteiger partial charge in [0, 0.05) is 4.47 Å². The van der Waals surface area contributed by atoms with E-state index in [0.717, 1.165) is 0 Å². The van der Waals surface area contributed by atoms with Gasteiger partial charge in [0.1, 0.15) is 23.5 Å². The summed E-state index contributed by atoms with van der Waals surface area (Å²) in [5, 5.41) is 26.2. The largest absolute Gasteiger partial charge is 0.508 e. The number of nitriles is 2. The van der Waals surface area contributed by atoms with Crippen molar-refractivity contribution in [1.82, 2.24) is 0 Å². The van der Waals surface area contributed by atoms with E-state index in [1.807, 2.05) is 0 Å². The predicted octanol–water partition coefficient (Wildman–Crippen LogP) is 2.59. The molecule has 0 amide bonds. The molecule has 4 heteroatoms. The second kappa shape index (κ2) is 4.45. The maximum absolute atomic E-state index is 9.11. The van der Waals surface area contributed by atoms with Gasteiger partial charge < -0.3 is 5.11 Å². The Labute approximate surface area is 89.6 Å². The van der Waals surface area contributed by atoms with Gasteiger partial charge in [0.2, 0.25) is 0 Å². The van der Waals surface area contributed by atoms with Crippen LogP contribution in [0.2, 0.25) is 0 Å². The zero-order valence-corrected chi connectivity index (χ0v) is 8.62. The Hall–Kier alpha value is -1.78. The minimum absolute atomic E-state index is 0.0244. The highest BCUT2D eigenvalue weighted by atomic mass is 79.9. The molecule has 1 N–H and O–H groups in total. The van der Waals surface area contributed by atoms with Crippen LogP contribution < -0.4 is 0 Å². The van der Waals surface area contributed by atoms with E-state index < -0.39 is 0 Å². The van der Waals surface area contributed by atoms with Crippen molar-refractivity contribution in [3.8, 4) is 17.9 Å². The summed E-state index contributed by atoms with van der Waals surface area (Å²) in [6.45, 7) is 0. The number of rotatable bonds is 1. The van der Waals surface area contributed by atoms with Crippen LogP contribution in [-0.4, -0.2) is 5.11 Å². The molecule has 0 saturated heterocycles. The number of phenols is 1. The van der Waals surface area contributed by atoms with Gasteiger partial charge in [0.05, 0.1) is 0 Å². The second-order valence-corrected chi connectivity index (χ2v) is 3.34. The summed E-state index contributed by atoms with van der Waals surface area (Å²) in [4.78, 5) is 0. The molecule has 1 aromatic carbocycles. The minimum atomic E-state index is 0.0244. The minimum Gasteiger partial charge on any atom is -0.508 e. The lowest BCUT2D eigenvalue weighted by atomic mass is 10.1. The van der Waals surface area contributed by atoms with E-state index >= 15 is 0 Å². The second-order valence-electron chi connectivity index (χ2n) is 2.49. The number of hydrogen-bond acceptors (Lipinski definition) is 3. The number of phenolic OH excluding ortho intramolecular Hbond substituents is 1. The van der Waals surface area contributed by atoms with E-state index in [2.05, 4.69) is 15.9 Å². The summed E-state index contributed by atoms with van der Waals surface area (Å²) >= 11 is 3.21. The molecule has 1 rings (SSSR count). The first-order valence-corrected chi connectivity index (χ1v) is 4.47. The standard InChI is InChI=1S/C10H5BrN2O/c11-10-4-9(14)2-1-8(10)3-7(5-12)6-13/h1-4,14H. The van der Waals surface area contributed by atoms with E-state index in [4.69, 9.17) is 15.6 Å². The average molecular weight is 249 g/mol. The molecule has 68 valence electrons. The molecule has 0 atom stereocenters. The molecule has 0 aliphatic heterocycles. The van der Waals surface area contributed by atoms with Crippen molar-refractivity contribution in [1.29, 1.82) is 10.5 Å². The molecule has 0 heterocycles. The van der Waals surface area contributed by atoms with Gasteiger partial charge in [-0.1, -0.05) is 22.0 Å². The third kappa shape index (κ3) is 2.35. The molecule has 0 saturated carbocycles. The van der Waals surface area contributed by atoms with Gasteiger partial charge in [-0.3, -0.25) is 0 Å². The fourth-order valence-electron chi connectivity index (χ4n) is 0.878. The molecule has 3 nitrogen and oxygen atoms in total. The van der Waals surface area contributed by atoms with Crippen LogP contribution in [0.4, 0.5) is 0 Å². The monoisotopic (exact) mass is 248 g/mol. The number of aromatic hydroxyl groups is 1. The molecule has 0 fully saturated rings. The number of nitrogens with zero attached hydrogens (tertiary/aromatic N) is 2. The first-order valence-electron chi connectivity index (χ1n) is 3.68. The zero-order valence-electron chi connectivity index (χ0n) is 7.03. The smallest absolute Gasteiger partial charge is 0.130 e. The van der Waals surface area contributed by atoms with Crippen molar-refractivity contribution < 1.29 is 5.11 Å². The molecule has 0 radical (unpaired) electrons. The Kier molecular flexibility index (Phi) is 3.28. The highest BCUT2D eigenvalue weighted by Gasteiger charge is 2.00. The molecule has 0 aromatic heterocycles. The zero-order chi connectivity index (χ0) is 10.6. The molecular formula is C10H5BrN2O. The molecule has 0 bridgehead atoms. The SMILES string of the molecule is N#CC(C#N)=Cc1ccc(O)cc1Br. The quantitative estimate of drug-likeness (QED) is 0.777. The van der Waals surface area contributed by atoms with Gasteiger partial charge >= 0.3 is 0 Å². The van der Waals surface area contributed by atoms with Crippen molar-refractivity contribution in [2.24, 2.45) is 0 Å². The van der Waals surface area contributed by atoms with E-state index in [-0.39, 0.29) is 11.3 Å². The Morgan fingerprint density at radius 3 is 2.50 bits per heavy atom. The van der Waals surface area contributed by atoms with Crippen LogP contribution in [0.25, 0.3) is 6.08 Å². The van der Waals surface area contributed by atoms with Crippen LogP contribution in [0.5, 0.6) is 5.75 Å². The molecular weight excluding hydrogens is 244 g/mol. The number of benzene rings is 1. The summed E-state index contributed by atoms with van der Waals surface area (Å²) in [7, 11) is 0. The van der Waals surface area contributed by atoms with Gasteiger partial charge in [-0.05, 0) is 23.8 Å². The topological polar surface area (TPSA) is 67.8 Å². The van der Waals surface area contributed by atoms with Crippen molar-refractivity contribution in [3.05, 3.63) is 33.8 Å². The van der Waals surface area contributed by atoms with Crippen LogP contribution in [0.15, 0.2) is 28.2 Å². The van der Waals surface area contributed by atoms with Crippen molar-refractivity contribution in [3.63, 3.8) is 0 Å². The molecule has 0 unspecified atom stereocenters. The highest BCUT2D eigenvalue weighted by Crippen LogP contribution is 2.23. The number of allylic oxidation sites excluding steroid dienone is 1. The van der Waals surface area contributed by atoms with Gasteiger partial charge in [-0.15, -0.1) is 0 Å². The van der Waals surface area contributed by atoms with E-state index in [1.54, 1.807) is 18.2 Å². The Morgan fingerprint density at radius 1 is 1.36 bits per heavy atom. The van der Waals surface area contributed by atoms with Crippen LogP contribution in [-0.2, 0) is 0 Å². The fraction of sp³-hybridized carbons (Fsp3) is 0. The summed E-state index contributed by atoms with van der Waals surface area (Å²) in [5.74, 6) is 0.129. The third-order valence-electron chi connectivity index (χ3n) is 1.52. The number of hydrogen-bond donors (Lipinski definition) is 1. The summed E-state index contributed by atoms with van der Waals surface area (Å²) in [6, 6.07) is 8.12. The van der Waals surface area contributed by atoms with E-state index in [1.165, 1.54) is 18.2 Å². The lowest BCUT2D eigenvalue weighted by Gasteiger charge is -1.98. The normalized spacial score (nSPS) is 8.50. The Balaban J connectivity index is 3.18. The number of halogens is 1. The summed E-state index contributed by atoms with van der Waals surface area (Å²) in [6.07, 6.45) is 1.45. The molecule has 0 spiro atoms. The van der Waals surface area contributed by atoms with Crippen LogP contribution in [0.1, 0.15) is 5.56 Å². The maximum atomic E-state index is 9.11. The summed E-state index contributed by atoms with van der Waals surface area (Å²) in [5.41, 5.74) is 0.706. The third-order valence-corrected chi connectivity index (χ3v) is 2.21. The van der Waals surface area contributed by atoms with Crippen molar-refractivity contribution in [2.75, 3.05) is 0 Å². The van der Waals surface area contributed by atoms with Gasteiger partial charge in [0.25, 0.3) is 0 Å². The molecule has 0 aliphatic rings. The van der Waals surface area contributed by atoms with E-state index in [9.17, 15) is 0 Å². The predicted molar refractivity (Wildman–Crippen MR) is 55.0 cm³/mol. The Bertz CT molecular complexity index is 450. The van der Waals surface area contributed by atoms with Gasteiger partial charge in [-0.2, -0.15) is 10.5 Å². The van der Waals surface area contributed by atoms with Crippen LogP contribution in [0, 0.1) is 22.7 Å². The maximum Gasteiger partial charge on any atom is 0.130 e. The fourth-order valence-corrected chi connectivity index (χ4v) is 1.36. The van der Waals surface area contributed by atoms with Crippen LogP contribution >= 0.6 is 15.9 Å². The average Bonchev–Trinajstić information content (AvgIpc) is 2.17. The molecule has 0 aliphatic carbocycles. The highest BCUT2D eigenvalue weighted by molar-refractivity contribution is 9.10. The molecule has 14 heavy (non-hydrogen) atoms.